The van der Waals surface area contributed by atoms with Crippen molar-refractivity contribution in [1.82, 2.24) is 5.32 Å². The van der Waals surface area contributed by atoms with Crippen molar-refractivity contribution < 1.29 is 14.6 Å². The average Bonchev–Trinajstić information content (AvgIpc) is 1.96. The number of hydrogen-bond acceptors (Lipinski definition) is 3. The number of carboxylic acid groups (broad SMARTS) is 1. The lowest BCUT2D eigenvalue weighted by Gasteiger charge is -2.01. The number of aliphatic carboxylic acids is 1. The Bertz CT molecular complexity index is 106. The molecule has 0 fully saturated rings. The van der Waals surface area contributed by atoms with E-state index >= 15 is 0 Å². The highest BCUT2D eigenvalue weighted by Crippen LogP contribution is 1.75. The average molecular weight is 161 g/mol. The Labute approximate surface area is 66.5 Å². The number of hydrogen-bond donors (Lipinski definition) is 2. The molecule has 0 radical (unpaired) electrons. The second-order valence-electron chi connectivity index (χ2n) is 2.09. The summed E-state index contributed by atoms with van der Waals surface area (Å²) in [6.07, 6.45) is 0.173. The Hall–Kier alpha value is -0.610. The first kappa shape index (κ1) is 10.4. The molecule has 0 heterocycles. The largest absolute Gasteiger partial charge is 0.481 e. The van der Waals surface area contributed by atoms with Gasteiger partial charge in [0.05, 0.1) is 13.0 Å². The van der Waals surface area contributed by atoms with Crippen LogP contribution in [0.2, 0.25) is 0 Å². The zero-order valence-electron chi connectivity index (χ0n) is 6.80. The number of carboxylic acids is 1. The maximum absolute atomic E-state index is 10.0. The molecule has 4 heteroatoms. The van der Waals surface area contributed by atoms with Gasteiger partial charge in [-0.2, -0.15) is 0 Å². The lowest BCUT2D eigenvalue weighted by Crippen LogP contribution is -2.22. The summed E-state index contributed by atoms with van der Waals surface area (Å²) in [6, 6.07) is 0. The molecule has 0 aromatic carbocycles. The van der Waals surface area contributed by atoms with E-state index in [1.54, 1.807) is 0 Å². The van der Waals surface area contributed by atoms with Crippen LogP contribution in [0.4, 0.5) is 0 Å². The van der Waals surface area contributed by atoms with Gasteiger partial charge in [-0.15, -0.1) is 0 Å². The summed E-state index contributed by atoms with van der Waals surface area (Å²) in [6.45, 7) is 4.53. The van der Waals surface area contributed by atoms with Crippen LogP contribution < -0.4 is 5.32 Å². The highest BCUT2D eigenvalue weighted by molar-refractivity contribution is 5.66. The number of nitrogens with one attached hydrogen (secondary N) is 1. The van der Waals surface area contributed by atoms with Crippen LogP contribution in [0.3, 0.4) is 0 Å². The first-order valence-electron chi connectivity index (χ1n) is 3.77. The molecule has 0 unspecified atom stereocenters. The molecule has 4 nitrogen and oxygen atoms in total. The molecule has 66 valence electrons. The van der Waals surface area contributed by atoms with Gasteiger partial charge in [-0.05, 0) is 6.92 Å². The van der Waals surface area contributed by atoms with Crippen LogP contribution in [-0.2, 0) is 9.53 Å². The van der Waals surface area contributed by atoms with Gasteiger partial charge in [0.15, 0.2) is 0 Å². The molecule has 0 aliphatic rings. The van der Waals surface area contributed by atoms with E-state index in [0.29, 0.717) is 19.8 Å². The van der Waals surface area contributed by atoms with E-state index in [4.69, 9.17) is 9.84 Å². The third-order valence-electron chi connectivity index (χ3n) is 1.14. The molecule has 2 N–H and O–H groups in total. The molecular formula is C7H15NO3. The molecule has 0 saturated heterocycles. The summed E-state index contributed by atoms with van der Waals surface area (Å²) in [4.78, 5) is 10.0. The highest BCUT2D eigenvalue weighted by Gasteiger charge is 1.93. The molecule has 0 rings (SSSR count). The van der Waals surface area contributed by atoms with Gasteiger partial charge in [-0.25, -0.2) is 0 Å². The van der Waals surface area contributed by atoms with E-state index in [1.807, 2.05) is 6.92 Å². The van der Waals surface area contributed by atoms with Crippen molar-refractivity contribution in [2.75, 3.05) is 26.3 Å². The molecule has 0 bridgehead atoms. The Morgan fingerprint density at radius 2 is 2.27 bits per heavy atom. The van der Waals surface area contributed by atoms with Crippen molar-refractivity contribution in [3.05, 3.63) is 0 Å². The molecule has 0 aliphatic carbocycles. The number of rotatable bonds is 7. The molecule has 11 heavy (non-hydrogen) atoms. The van der Waals surface area contributed by atoms with Crippen LogP contribution in [0.1, 0.15) is 13.3 Å². The first-order chi connectivity index (χ1) is 5.27. The van der Waals surface area contributed by atoms with Gasteiger partial charge >= 0.3 is 5.97 Å². The van der Waals surface area contributed by atoms with Crippen molar-refractivity contribution in [3.63, 3.8) is 0 Å². The van der Waals surface area contributed by atoms with Crippen molar-refractivity contribution in [1.29, 1.82) is 0 Å². The van der Waals surface area contributed by atoms with E-state index in [0.717, 1.165) is 6.54 Å². The molecule has 0 atom stereocenters. The van der Waals surface area contributed by atoms with E-state index in [2.05, 4.69) is 5.32 Å². The normalized spacial score (nSPS) is 9.91. The minimum absolute atomic E-state index is 0.173. The lowest BCUT2D eigenvalue weighted by molar-refractivity contribution is -0.136. The fourth-order valence-electron chi connectivity index (χ4n) is 0.609. The zero-order chi connectivity index (χ0) is 8.53. The van der Waals surface area contributed by atoms with Crippen molar-refractivity contribution >= 4 is 5.97 Å². The summed E-state index contributed by atoms with van der Waals surface area (Å²) in [5, 5.41) is 11.2. The van der Waals surface area contributed by atoms with Gasteiger partial charge in [-0.1, -0.05) is 0 Å². The predicted octanol–water partition coefficient (Wildman–Crippen LogP) is 0.0872. The quantitative estimate of drug-likeness (QED) is 0.519. The standard InChI is InChI=1S/C7H15NO3/c1-2-11-6-5-8-4-3-7(9)10/h8H,2-6H2,1H3,(H,9,10). The van der Waals surface area contributed by atoms with Gasteiger partial charge in [0.2, 0.25) is 0 Å². The van der Waals surface area contributed by atoms with E-state index in [-0.39, 0.29) is 6.42 Å². The molecule has 0 aromatic rings. The minimum atomic E-state index is -0.770. The van der Waals surface area contributed by atoms with Gasteiger partial charge in [-0.3, -0.25) is 4.79 Å². The lowest BCUT2D eigenvalue weighted by atomic mass is 10.4. The van der Waals surface area contributed by atoms with Crippen LogP contribution in [0, 0.1) is 0 Å². The van der Waals surface area contributed by atoms with Crippen molar-refractivity contribution in [3.8, 4) is 0 Å². The highest BCUT2D eigenvalue weighted by atomic mass is 16.5. The summed E-state index contributed by atoms with van der Waals surface area (Å²) in [5.41, 5.74) is 0. The van der Waals surface area contributed by atoms with Crippen molar-refractivity contribution in [2.24, 2.45) is 0 Å². The minimum Gasteiger partial charge on any atom is -0.481 e. The van der Waals surface area contributed by atoms with E-state index in [1.165, 1.54) is 0 Å². The smallest absolute Gasteiger partial charge is 0.304 e. The van der Waals surface area contributed by atoms with E-state index in [9.17, 15) is 4.79 Å². The molecule has 0 saturated carbocycles. The fraction of sp³-hybridized carbons (Fsp3) is 0.857. The topological polar surface area (TPSA) is 58.6 Å². The molecule has 0 aliphatic heterocycles. The fourth-order valence-corrected chi connectivity index (χ4v) is 0.609. The van der Waals surface area contributed by atoms with Gasteiger partial charge in [0.1, 0.15) is 0 Å². The van der Waals surface area contributed by atoms with Crippen LogP contribution in [-0.4, -0.2) is 37.4 Å². The third-order valence-corrected chi connectivity index (χ3v) is 1.14. The number of carbonyl (C=O) groups is 1. The van der Waals surface area contributed by atoms with Crippen LogP contribution in [0.25, 0.3) is 0 Å². The van der Waals surface area contributed by atoms with Crippen LogP contribution in [0.15, 0.2) is 0 Å². The first-order valence-corrected chi connectivity index (χ1v) is 3.77. The Balaban J connectivity index is 2.85. The Morgan fingerprint density at radius 1 is 1.55 bits per heavy atom. The van der Waals surface area contributed by atoms with Gasteiger partial charge < -0.3 is 15.2 Å². The Morgan fingerprint density at radius 3 is 2.82 bits per heavy atom. The summed E-state index contributed by atoms with van der Waals surface area (Å²) in [5.74, 6) is -0.770. The summed E-state index contributed by atoms with van der Waals surface area (Å²) >= 11 is 0. The monoisotopic (exact) mass is 161 g/mol. The molecular weight excluding hydrogens is 146 g/mol. The number of ether oxygens (including phenoxy) is 1. The second-order valence-corrected chi connectivity index (χ2v) is 2.09. The molecule has 0 aromatic heterocycles. The second kappa shape index (κ2) is 7.50. The summed E-state index contributed by atoms with van der Waals surface area (Å²) in [7, 11) is 0. The van der Waals surface area contributed by atoms with Crippen LogP contribution >= 0.6 is 0 Å². The zero-order valence-corrected chi connectivity index (χ0v) is 6.80. The van der Waals surface area contributed by atoms with Gasteiger partial charge in [0, 0.05) is 19.7 Å². The van der Waals surface area contributed by atoms with Gasteiger partial charge in [0.25, 0.3) is 0 Å². The molecule has 0 amide bonds. The molecule has 0 spiro atoms. The third kappa shape index (κ3) is 9.39. The van der Waals surface area contributed by atoms with E-state index < -0.39 is 5.97 Å². The maximum atomic E-state index is 10.0. The SMILES string of the molecule is CCOCCNCCC(=O)O. The summed E-state index contributed by atoms with van der Waals surface area (Å²) < 4.78 is 5.03. The van der Waals surface area contributed by atoms with Crippen molar-refractivity contribution in [2.45, 2.75) is 13.3 Å². The maximum Gasteiger partial charge on any atom is 0.304 e. The van der Waals surface area contributed by atoms with Crippen LogP contribution in [0.5, 0.6) is 0 Å². The predicted molar refractivity (Wildman–Crippen MR) is 41.6 cm³/mol. The Kier molecular flexibility index (Phi) is 7.08.